The number of hydrogen-bond donors (Lipinski definition) is 2. The van der Waals surface area contributed by atoms with Crippen molar-refractivity contribution < 1.29 is 23.6 Å². The molecule has 4 atom stereocenters. The lowest BCUT2D eigenvalue weighted by molar-refractivity contribution is -0.140. The van der Waals surface area contributed by atoms with Crippen molar-refractivity contribution in [3.8, 4) is 11.3 Å². The Hall–Kier alpha value is -3.46. The number of likely N-dealkylation sites (tertiary alicyclic amines) is 1. The van der Waals surface area contributed by atoms with E-state index < -0.39 is 18.1 Å². The molecule has 0 aliphatic carbocycles. The van der Waals surface area contributed by atoms with Crippen LogP contribution < -0.4 is 5.32 Å². The van der Waals surface area contributed by atoms with Gasteiger partial charge in [-0.2, -0.15) is 0 Å². The number of nitrogens with one attached hydrogen (secondary N) is 1. The average Bonchev–Trinajstić information content (AvgIpc) is 3.56. The Bertz CT molecular complexity index is 1090. The minimum absolute atomic E-state index is 0.112. The van der Waals surface area contributed by atoms with Gasteiger partial charge in [0.05, 0.1) is 30.0 Å². The smallest absolute Gasteiger partial charge is 0.243 e. The number of carbonyl (C=O) groups is 2. The van der Waals surface area contributed by atoms with Crippen molar-refractivity contribution >= 4 is 11.8 Å². The number of benzene rings is 1. The largest absolute Gasteiger partial charge is 0.444 e. The first-order valence-electron chi connectivity index (χ1n) is 11.1. The highest BCUT2D eigenvalue weighted by atomic mass is 16.5. The SMILES string of the molecule is CC[C@@H](C(=O)N1C[C@H](O)C[C@H]1C(=O)NC(C)c1ccc(-c2cnco2)cc1)c1cc(C)no1. The van der Waals surface area contributed by atoms with Gasteiger partial charge in [-0.3, -0.25) is 9.59 Å². The van der Waals surface area contributed by atoms with E-state index in [1.54, 1.807) is 19.2 Å². The van der Waals surface area contributed by atoms with E-state index in [1.165, 1.54) is 11.3 Å². The molecule has 33 heavy (non-hydrogen) atoms. The van der Waals surface area contributed by atoms with Crippen molar-refractivity contribution in [1.29, 1.82) is 0 Å². The standard InChI is InChI=1S/C24H28N4O5/c1-4-19(21-9-14(2)27-33-21)24(31)28-12-18(29)10-20(28)23(30)26-15(3)16-5-7-17(8-6-16)22-11-25-13-32-22/h5-9,11,13,15,18-20,29H,4,10,12H2,1-3H3,(H,26,30)/t15?,18-,19-,20+/m1/s1. The zero-order valence-electron chi connectivity index (χ0n) is 18.9. The second kappa shape index (κ2) is 9.58. The summed E-state index contributed by atoms with van der Waals surface area (Å²) in [5.41, 5.74) is 2.49. The Kier molecular flexibility index (Phi) is 6.60. The quantitative estimate of drug-likeness (QED) is 0.565. The number of aryl methyl sites for hydroxylation is 1. The van der Waals surface area contributed by atoms with Crippen LogP contribution in [-0.2, 0) is 9.59 Å². The summed E-state index contributed by atoms with van der Waals surface area (Å²) in [6.07, 6.45) is 2.96. The summed E-state index contributed by atoms with van der Waals surface area (Å²) in [7, 11) is 0. The van der Waals surface area contributed by atoms with E-state index in [2.05, 4.69) is 15.5 Å². The molecule has 0 spiro atoms. The maximum atomic E-state index is 13.3. The van der Waals surface area contributed by atoms with Crippen molar-refractivity contribution in [2.45, 2.75) is 57.7 Å². The highest BCUT2D eigenvalue weighted by molar-refractivity contribution is 5.91. The van der Waals surface area contributed by atoms with Gasteiger partial charge in [-0.25, -0.2) is 4.98 Å². The number of amides is 2. The monoisotopic (exact) mass is 452 g/mol. The first-order valence-corrected chi connectivity index (χ1v) is 11.1. The molecule has 1 saturated heterocycles. The molecular formula is C24H28N4O5. The molecule has 2 amide bonds. The van der Waals surface area contributed by atoms with E-state index in [0.717, 1.165) is 11.1 Å². The van der Waals surface area contributed by atoms with Crippen molar-refractivity contribution in [1.82, 2.24) is 20.4 Å². The fourth-order valence-electron chi connectivity index (χ4n) is 4.24. The van der Waals surface area contributed by atoms with Crippen LogP contribution in [0.5, 0.6) is 0 Å². The van der Waals surface area contributed by atoms with Crippen LogP contribution in [0.3, 0.4) is 0 Å². The molecule has 1 aromatic carbocycles. The van der Waals surface area contributed by atoms with E-state index in [9.17, 15) is 14.7 Å². The lowest BCUT2D eigenvalue weighted by Gasteiger charge is -2.28. The molecule has 3 aromatic rings. The van der Waals surface area contributed by atoms with Crippen LogP contribution in [0.2, 0.25) is 0 Å². The van der Waals surface area contributed by atoms with Gasteiger partial charge in [0.15, 0.2) is 12.2 Å². The van der Waals surface area contributed by atoms with Crippen LogP contribution in [0, 0.1) is 6.92 Å². The molecular weight excluding hydrogens is 424 g/mol. The summed E-state index contributed by atoms with van der Waals surface area (Å²) in [6, 6.07) is 8.33. The van der Waals surface area contributed by atoms with Gasteiger partial charge < -0.3 is 24.3 Å². The Labute approximate surface area is 191 Å². The van der Waals surface area contributed by atoms with Gasteiger partial charge in [0.25, 0.3) is 0 Å². The molecule has 1 aliphatic rings. The zero-order chi connectivity index (χ0) is 23.5. The number of rotatable bonds is 7. The predicted octanol–water partition coefficient (Wildman–Crippen LogP) is 2.97. The summed E-state index contributed by atoms with van der Waals surface area (Å²) < 4.78 is 10.6. The Morgan fingerprint density at radius 3 is 2.67 bits per heavy atom. The van der Waals surface area contributed by atoms with Crippen LogP contribution in [0.1, 0.15) is 55.7 Å². The summed E-state index contributed by atoms with van der Waals surface area (Å²) in [5, 5.41) is 17.1. The van der Waals surface area contributed by atoms with Gasteiger partial charge in [0.2, 0.25) is 11.8 Å². The van der Waals surface area contributed by atoms with E-state index >= 15 is 0 Å². The molecule has 1 unspecified atom stereocenters. The Balaban J connectivity index is 1.45. The molecule has 0 bridgehead atoms. The number of nitrogens with zero attached hydrogens (tertiary/aromatic N) is 3. The number of aliphatic hydroxyl groups excluding tert-OH is 1. The molecule has 4 rings (SSSR count). The first kappa shape index (κ1) is 22.7. The molecule has 2 N–H and O–H groups in total. The summed E-state index contributed by atoms with van der Waals surface area (Å²) in [5.74, 6) is 0.0538. The second-order valence-corrected chi connectivity index (χ2v) is 8.45. The minimum Gasteiger partial charge on any atom is -0.444 e. The summed E-state index contributed by atoms with van der Waals surface area (Å²) in [6.45, 7) is 5.66. The Morgan fingerprint density at radius 2 is 2.06 bits per heavy atom. The summed E-state index contributed by atoms with van der Waals surface area (Å²) in [4.78, 5) is 31.8. The number of oxazole rings is 1. The number of β-amino-alcohol motifs (C(OH)–C–C–N with tert-alkyl or cyclic N) is 1. The van der Waals surface area contributed by atoms with Crippen molar-refractivity contribution in [2.75, 3.05) is 6.54 Å². The number of aliphatic hydroxyl groups is 1. The lowest BCUT2D eigenvalue weighted by Crippen LogP contribution is -2.47. The van der Waals surface area contributed by atoms with Crippen molar-refractivity contribution in [3.05, 3.63) is 59.9 Å². The van der Waals surface area contributed by atoms with Gasteiger partial charge in [0, 0.05) is 24.6 Å². The van der Waals surface area contributed by atoms with Crippen LogP contribution in [-0.4, -0.2) is 50.7 Å². The molecule has 0 saturated carbocycles. The van der Waals surface area contributed by atoms with Gasteiger partial charge in [-0.05, 0) is 25.8 Å². The molecule has 1 fully saturated rings. The van der Waals surface area contributed by atoms with E-state index in [-0.39, 0.29) is 30.8 Å². The molecule has 2 aromatic heterocycles. The highest BCUT2D eigenvalue weighted by Crippen LogP contribution is 2.29. The average molecular weight is 453 g/mol. The van der Waals surface area contributed by atoms with Crippen molar-refractivity contribution in [3.63, 3.8) is 0 Å². The normalized spacial score (nSPS) is 19.9. The number of aromatic nitrogens is 2. The summed E-state index contributed by atoms with van der Waals surface area (Å²) >= 11 is 0. The molecule has 174 valence electrons. The van der Waals surface area contributed by atoms with E-state index in [0.29, 0.717) is 23.6 Å². The van der Waals surface area contributed by atoms with Crippen LogP contribution in [0.25, 0.3) is 11.3 Å². The van der Waals surface area contributed by atoms with E-state index in [1.807, 2.05) is 38.1 Å². The molecule has 3 heterocycles. The van der Waals surface area contributed by atoms with E-state index in [4.69, 9.17) is 8.94 Å². The second-order valence-electron chi connectivity index (χ2n) is 8.45. The van der Waals surface area contributed by atoms with Crippen molar-refractivity contribution in [2.24, 2.45) is 0 Å². The first-order chi connectivity index (χ1) is 15.9. The molecule has 0 radical (unpaired) electrons. The third-order valence-electron chi connectivity index (χ3n) is 6.05. The highest BCUT2D eigenvalue weighted by Gasteiger charge is 2.42. The third kappa shape index (κ3) is 4.83. The molecule has 9 nitrogen and oxygen atoms in total. The maximum Gasteiger partial charge on any atom is 0.243 e. The maximum absolute atomic E-state index is 13.3. The topological polar surface area (TPSA) is 122 Å². The predicted molar refractivity (Wildman–Crippen MR) is 119 cm³/mol. The number of carbonyl (C=O) groups excluding carboxylic acids is 2. The van der Waals surface area contributed by atoms with Crippen LogP contribution >= 0.6 is 0 Å². The minimum atomic E-state index is -0.754. The van der Waals surface area contributed by atoms with Gasteiger partial charge in [0.1, 0.15) is 11.8 Å². The molecule has 9 heteroatoms. The van der Waals surface area contributed by atoms with Gasteiger partial charge >= 0.3 is 0 Å². The van der Waals surface area contributed by atoms with Gasteiger partial charge in [-0.1, -0.05) is 36.3 Å². The fraction of sp³-hybridized carbons (Fsp3) is 0.417. The Morgan fingerprint density at radius 1 is 1.30 bits per heavy atom. The van der Waals surface area contributed by atoms with Crippen LogP contribution in [0.4, 0.5) is 0 Å². The van der Waals surface area contributed by atoms with Crippen LogP contribution in [0.15, 0.2) is 51.9 Å². The fourth-order valence-corrected chi connectivity index (χ4v) is 4.24. The lowest BCUT2D eigenvalue weighted by atomic mass is 10.0. The van der Waals surface area contributed by atoms with Gasteiger partial charge in [-0.15, -0.1) is 0 Å². The zero-order valence-corrected chi connectivity index (χ0v) is 18.9. The number of hydrogen-bond acceptors (Lipinski definition) is 7. The molecule has 1 aliphatic heterocycles. The third-order valence-corrected chi connectivity index (χ3v) is 6.05.